The molecule has 0 fully saturated rings. The number of carbonyl (C=O) groups is 2. The molecule has 0 aliphatic carbocycles. The number of amides is 2. The molecule has 0 bridgehead atoms. The minimum absolute atomic E-state index is 0.00993. The number of nitro groups is 1. The quantitative estimate of drug-likeness (QED) is 0.455. The van der Waals surface area contributed by atoms with Crippen LogP contribution in [0.1, 0.15) is 10.4 Å². The lowest BCUT2D eigenvalue weighted by molar-refractivity contribution is -0.384. The molecule has 0 unspecified atom stereocenters. The Kier molecular flexibility index (Phi) is 6.63. The first-order valence-electron chi connectivity index (χ1n) is 6.79. The van der Waals surface area contributed by atoms with Crippen molar-refractivity contribution < 1.29 is 14.5 Å². The number of non-ortho nitro benzene ring substituents is 1. The van der Waals surface area contributed by atoms with Crippen LogP contribution in [0.15, 0.2) is 47.4 Å². The van der Waals surface area contributed by atoms with Crippen molar-refractivity contribution in [3.63, 3.8) is 0 Å². The molecular formula is C15H11Cl2N3O4S. The maximum atomic E-state index is 11.9. The average molecular weight is 400 g/mol. The zero-order chi connectivity index (χ0) is 18.4. The smallest absolute Gasteiger partial charge is 0.269 e. The first-order chi connectivity index (χ1) is 11.9. The van der Waals surface area contributed by atoms with Gasteiger partial charge in [0.05, 0.1) is 20.7 Å². The van der Waals surface area contributed by atoms with Crippen molar-refractivity contribution >= 4 is 52.5 Å². The Morgan fingerprint density at radius 3 is 2.20 bits per heavy atom. The van der Waals surface area contributed by atoms with Crippen LogP contribution < -0.4 is 10.9 Å². The Morgan fingerprint density at radius 1 is 1.04 bits per heavy atom. The second-order valence-electron chi connectivity index (χ2n) is 4.65. The number of halogens is 2. The third-order valence-electron chi connectivity index (χ3n) is 2.92. The number of nitrogens with zero attached hydrogens (tertiary/aromatic N) is 1. The molecule has 2 N–H and O–H groups in total. The van der Waals surface area contributed by atoms with E-state index in [2.05, 4.69) is 10.9 Å². The van der Waals surface area contributed by atoms with Crippen LogP contribution in [0.4, 0.5) is 5.69 Å². The van der Waals surface area contributed by atoms with Crippen LogP contribution in [0.2, 0.25) is 10.0 Å². The monoisotopic (exact) mass is 399 g/mol. The SMILES string of the molecule is O=C(CSc1c(Cl)cccc1Cl)NNC(=O)c1ccc([N+](=O)[O-])cc1. The van der Waals surface area contributed by atoms with E-state index >= 15 is 0 Å². The van der Waals surface area contributed by atoms with Gasteiger partial charge in [-0.25, -0.2) is 0 Å². The van der Waals surface area contributed by atoms with E-state index < -0.39 is 16.7 Å². The predicted octanol–water partition coefficient (Wildman–Crippen LogP) is 3.45. The Hall–Kier alpha value is -2.29. The van der Waals surface area contributed by atoms with Crippen LogP contribution in [-0.2, 0) is 4.79 Å². The summed E-state index contributed by atoms with van der Waals surface area (Å²) < 4.78 is 0. The molecule has 0 heterocycles. The number of nitro benzene ring substituents is 1. The summed E-state index contributed by atoms with van der Waals surface area (Å²) in [6.07, 6.45) is 0. The maximum Gasteiger partial charge on any atom is 0.269 e. The van der Waals surface area contributed by atoms with E-state index in [1.165, 1.54) is 24.3 Å². The highest BCUT2D eigenvalue weighted by atomic mass is 35.5. The third kappa shape index (κ3) is 5.35. The molecule has 130 valence electrons. The molecule has 10 heteroatoms. The number of hydrogen-bond donors (Lipinski definition) is 2. The number of carbonyl (C=O) groups excluding carboxylic acids is 2. The van der Waals surface area contributed by atoms with Crippen molar-refractivity contribution in [1.82, 2.24) is 10.9 Å². The number of hydrogen-bond acceptors (Lipinski definition) is 5. The summed E-state index contributed by atoms with van der Waals surface area (Å²) in [5.41, 5.74) is 4.52. The molecule has 0 aromatic heterocycles. The zero-order valence-corrected chi connectivity index (χ0v) is 14.8. The summed E-state index contributed by atoms with van der Waals surface area (Å²) in [5.74, 6) is -1.07. The number of nitrogens with one attached hydrogen (secondary N) is 2. The summed E-state index contributed by atoms with van der Waals surface area (Å²) in [4.78, 5) is 34.2. The fourth-order valence-corrected chi connectivity index (χ4v) is 3.21. The summed E-state index contributed by atoms with van der Waals surface area (Å²) in [6, 6.07) is 9.99. The van der Waals surface area contributed by atoms with Gasteiger partial charge in [0.2, 0.25) is 5.91 Å². The van der Waals surface area contributed by atoms with Crippen LogP contribution >= 0.6 is 35.0 Å². The van der Waals surface area contributed by atoms with Gasteiger partial charge in [-0.1, -0.05) is 29.3 Å². The standard InChI is InChI=1S/C15H11Cl2N3O4S/c16-11-2-1-3-12(17)14(11)25-8-13(21)18-19-15(22)9-4-6-10(7-5-9)20(23)24/h1-7H,8H2,(H,18,21)(H,19,22). The van der Waals surface area contributed by atoms with Gasteiger partial charge in [-0.3, -0.25) is 30.6 Å². The molecule has 7 nitrogen and oxygen atoms in total. The van der Waals surface area contributed by atoms with E-state index in [0.29, 0.717) is 14.9 Å². The molecule has 2 amide bonds. The molecule has 2 aromatic rings. The van der Waals surface area contributed by atoms with Crippen molar-refractivity contribution in [1.29, 1.82) is 0 Å². The van der Waals surface area contributed by atoms with E-state index in [-0.39, 0.29) is 17.0 Å². The van der Waals surface area contributed by atoms with E-state index in [4.69, 9.17) is 23.2 Å². The molecule has 0 saturated heterocycles. The van der Waals surface area contributed by atoms with Crippen molar-refractivity contribution in [2.45, 2.75) is 4.90 Å². The highest BCUT2D eigenvalue weighted by Gasteiger charge is 2.12. The van der Waals surface area contributed by atoms with Gasteiger partial charge in [-0.05, 0) is 24.3 Å². The van der Waals surface area contributed by atoms with Crippen molar-refractivity contribution in [2.24, 2.45) is 0 Å². The highest BCUT2D eigenvalue weighted by Crippen LogP contribution is 2.33. The van der Waals surface area contributed by atoms with Crippen LogP contribution in [0, 0.1) is 10.1 Å². The number of rotatable bonds is 5. The molecule has 25 heavy (non-hydrogen) atoms. The Morgan fingerprint density at radius 2 is 1.64 bits per heavy atom. The number of thioether (sulfide) groups is 1. The Bertz CT molecular complexity index is 795. The van der Waals surface area contributed by atoms with Gasteiger partial charge in [-0.2, -0.15) is 0 Å². The highest BCUT2D eigenvalue weighted by molar-refractivity contribution is 8.00. The van der Waals surface area contributed by atoms with Crippen molar-refractivity contribution in [2.75, 3.05) is 5.75 Å². The van der Waals surface area contributed by atoms with Crippen LogP contribution in [0.25, 0.3) is 0 Å². The van der Waals surface area contributed by atoms with Gasteiger partial charge in [0, 0.05) is 22.6 Å². The Balaban J connectivity index is 1.85. The summed E-state index contributed by atoms with van der Waals surface area (Å²) in [7, 11) is 0. The molecule has 0 saturated carbocycles. The van der Waals surface area contributed by atoms with Gasteiger partial charge >= 0.3 is 0 Å². The van der Waals surface area contributed by atoms with E-state index in [1.54, 1.807) is 18.2 Å². The number of hydrazine groups is 1. The van der Waals surface area contributed by atoms with E-state index in [1.807, 2.05) is 0 Å². The van der Waals surface area contributed by atoms with Gasteiger partial charge in [-0.15, -0.1) is 11.8 Å². The molecule has 2 rings (SSSR count). The summed E-state index contributed by atoms with van der Waals surface area (Å²) in [5, 5.41) is 11.4. The molecule has 0 radical (unpaired) electrons. The third-order valence-corrected chi connectivity index (χ3v) is 4.91. The van der Waals surface area contributed by atoms with Gasteiger partial charge in [0.25, 0.3) is 11.6 Å². The van der Waals surface area contributed by atoms with Gasteiger partial charge in [0.1, 0.15) is 0 Å². The summed E-state index contributed by atoms with van der Waals surface area (Å²) in [6.45, 7) is 0. The molecule has 0 aliphatic heterocycles. The number of benzene rings is 2. The van der Waals surface area contributed by atoms with Crippen molar-refractivity contribution in [3.8, 4) is 0 Å². The fourth-order valence-electron chi connectivity index (χ4n) is 1.73. The second-order valence-corrected chi connectivity index (χ2v) is 6.45. The van der Waals surface area contributed by atoms with E-state index in [9.17, 15) is 19.7 Å². The van der Waals surface area contributed by atoms with Crippen LogP contribution in [0.3, 0.4) is 0 Å². The zero-order valence-electron chi connectivity index (χ0n) is 12.5. The van der Waals surface area contributed by atoms with Gasteiger partial charge in [0.15, 0.2) is 0 Å². The summed E-state index contributed by atoms with van der Waals surface area (Å²) >= 11 is 13.1. The molecular weight excluding hydrogens is 389 g/mol. The molecule has 0 atom stereocenters. The molecule has 0 aliphatic rings. The van der Waals surface area contributed by atoms with E-state index in [0.717, 1.165) is 11.8 Å². The normalized spacial score (nSPS) is 10.2. The predicted molar refractivity (Wildman–Crippen MR) is 95.9 cm³/mol. The van der Waals surface area contributed by atoms with Gasteiger partial charge < -0.3 is 0 Å². The second kappa shape index (κ2) is 8.70. The topological polar surface area (TPSA) is 101 Å². The Labute approximate surface area is 156 Å². The average Bonchev–Trinajstić information content (AvgIpc) is 2.59. The lowest BCUT2D eigenvalue weighted by atomic mass is 10.2. The molecule has 2 aromatic carbocycles. The first kappa shape index (κ1) is 19.0. The maximum absolute atomic E-state index is 11.9. The first-order valence-corrected chi connectivity index (χ1v) is 8.53. The van der Waals surface area contributed by atoms with Crippen LogP contribution in [-0.4, -0.2) is 22.5 Å². The van der Waals surface area contributed by atoms with Crippen LogP contribution in [0.5, 0.6) is 0 Å². The van der Waals surface area contributed by atoms with Crippen molar-refractivity contribution in [3.05, 3.63) is 68.2 Å². The minimum Gasteiger partial charge on any atom is -0.272 e. The molecule has 0 spiro atoms. The lowest BCUT2D eigenvalue weighted by Gasteiger charge is -2.08. The lowest BCUT2D eigenvalue weighted by Crippen LogP contribution is -2.42. The minimum atomic E-state index is -0.593. The fraction of sp³-hybridized carbons (Fsp3) is 0.0667. The largest absolute Gasteiger partial charge is 0.272 e.